The van der Waals surface area contributed by atoms with Crippen LogP contribution >= 0.6 is 0 Å². The van der Waals surface area contributed by atoms with Gasteiger partial charge in [-0.1, -0.05) is 64.4 Å². The van der Waals surface area contributed by atoms with Crippen LogP contribution in [0.15, 0.2) is 30.3 Å². The van der Waals surface area contributed by atoms with Gasteiger partial charge in [0.05, 0.1) is 5.92 Å². The van der Waals surface area contributed by atoms with E-state index in [1.54, 1.807) is 0 Å². The zero-order valence-corrected chi connectivity index (χ0v) is 21.0. The van der Waals surface area contributed by atoms with Crippen LogP contribution in [0, 0.1) is 23.7 Å². The van der Waals surface area contributed by atoms with E-state index >= 15 is 0 Å². The van der Waals surface area contributed by atoms with E-state index in [9.17, 15) is 9.59 Å². The standard InChI is InChI=1S/C27H43NO4/c1-18(2)23-14-13-19(3)15-24(23)31-25(29)20(4)16-22(17-21-11-9-8-10-12-21)28-26(30)32-27(5,6)7/h8-12,18-20,22-24H,13-17H2,1-7H3,(H,28,30)/t19-,20+,22-,23?,24?/m1/s1. The summed E-state index contributed by atoms with van der Waals surface area (Å²) < 4.78 is 11.5. The molecule has 5 atom stereocenters. The molecule has 2 unspecified atom stereocenters. The number of alkyl carbamates (subject to hydrolysis) is 1. The number of hydrogen-bond acceptors (Lipinski definition) is 4. The van der Waals surface area contributed by atoms with Crippen molar-refractivity contribution in [3.63, 3.8) is 0 Å². The average Bonchev–Trinajstić information content (AvgIpc) is 2.66. The number of nitrogens with one attached hydrogen (secondary N) is 1. The van der Waals surface area contributed by atoms with Gasteiger partial charge < -0.3 is 14.8 Å². The zero-order chi connectivity index (χ0) is 23.9. The maximum absolute atomic E-state index is 13.0. The summed E-state index contributed by atoms with van der Waals surface area (Å²) in [5.74, 6) is 1.01. The average molecular weight is 446 g/mol. The third-order valence-electron chi connectivity index (χ3n) is 6.32. The van der Waals surface area contributed by atoms with Crippen LogP contribution in [0.4, 0.5) is 4.79 Å². The number of amides is 1. The predicted octanol–water partition coefficient (Wildman–Crippen LogP) is 6.15. The van der Waals surface area contributed by atoms with Crippen molar-refractivity contribution in [3.8, 4) is 0 Å². The molecule has 0 radical (unpaired) electrons. The van der Waals surface area contributed by atoms with Gasteiger partial charge in [-0.3, -0.25) is 4.79 Å². The van der Waals surface area contributed by atoms with Crippen LogP contribution in [-0.4, -0.2) is 29.8 Å². The van der Waals surface area contributed by atoms with E-state index in [2.05, 4.69) is 26.1 Å². The van der Waals surface area contributed by atoms with E-state index in [-0.39, 0.29) is 24.0 Å². The highest BCUT2D eigenvalue weighted by Crippen LogP contribution is 2.35. The van der Waals surface area contributed by atoms with Crippen molar-refractivity contribution in [2.75, 3.05) is 0 Å². The number of rotatable bonds is 8. The van der Waals surface area contributed by atoms with Gasteiger partial charge in [-0.05, 0) is 69.8 Å². The molecule has 1 amide bonds. The molecule has 0 aromatic heterocycles. The maximum Gasteiger partial charge on any atom is 0.407 e. The third kappa shape index (κ3) is 8.84. The molecule has 0 heterocycles. The molecule has 1 N–H and O–H groups in total. The third-order valence-corrected chi connectivity index (χ3v) is 6.32. The molecule has 0 aliphatic heterocycles. The SMILES string of the molecule is CC(C)C1CC[C@@H](C)CC1OC(=O)[C@@H](C)C[C@H](Cc1ccccc1)NC(=O)OC(C)(C)C. The van der Waals surface area contributed by atoms with Crippen LogP contribution in [0.1, 0.15) is 79.7 Å². The van der Waals surface area contributed by atoms with Gasteiger partial charge in [-0.25, -0.2) is 4.79 Å². The molecule has 1 fully saturated rings. The van der Waals surface area contributed by atoms with Crippen molar-refractivity contribution >= 4 is 12.1 Å². The number of hydrogen-bond donors (Lipinski definition) is 1. The van der Waals surface area contributed by atoms with Crippen molar-refractivity contribution in [3.05, 3.63) is 35.9 Å². The second-order valence-electron chi connectivity index (χ2n) is 11.0. The number of benzene rings is 1. The van der Waals surface area contributed by atoms with Crippen LogP contribution in [0.3, 0.4) is 0 Å². The van der Waals surface area contributed by atoms with E-state index < -0.39 is 11.7 Å². The Morgan fingerprint density at radius 1 is 1.09 bits per heavy atom. The molecule has 1 aromatic carbocycles. The molecule has 180 valence electrons. The first-order chi connectivity index (χ1) is 14.9. The van der Waals surface area contributed by atoms with E-state index in [1.807, 2.05) is 58.0 Å². The first-order valence-corrected chi connectivity index (χ1v) is 12.2. The fraction of sp³-hybridized carbons (Fsp3) is 0.704. The van der Waals surface area contributed by atoms with E-state index in [0.717, 1.165) is 18.4 Å². The molecule has 1 saturated carbocycles. The highest BCUT2D eigenvalue weighted by molar-refractivity contribution is 5.72. The second kappa shape index (κ2) is 11.7. The minimum absolute atomic E-state index is 0.0138. The van der Waals surface area contributed by atoms with Gasteiger partial charge in [0.25, 0.3) is 0 Å². The Bertz CT molecular complexity index is 725. The number of ether oxygens (including phenoxy) is 2. The second-order valence-corrected chi connectivity index (χ2v) is 11.0. The molecule has 0 saturated heterocycles. The molecule has 0 spiro atoms. The maximum atomic E-state index is 13.0. The monoisotopic (exact) mass is 445 g/mol. The Morgan fingerprint density at radius 2 is 1.75 bits per heavy atom. The highest BCUT2D eigenvalue weighted by atomic mass is 16.6. The predicted molar refractivity (Wildman–Crippen MR) is 128 cm³/mol. The molecule has 5 nitrogen and oxygen atoms in total. The largest absolute Gasteiger partial charge is 0.462 e. The molecule has 1 aromatic rings. The van der Waals surface area contributed by atoms with Crippen molar-refractivity contribution in [1.82, 2.24) is 5.32 Å². The van der Waals surface area contributed by atoms with Crippen molar-refractivity contribution in [1.29, 1.82) is 0 Å². The summed E-state index contributed by atoms with van der Waals surface area (Å²) in [6, 6.07) is 9.77. The van der Waals surface area contributed by atoms with Crippen LogP contribution in [-0.2, 0) is 20.7 Å². The first-order valence-electron chi connectivity index (χ1n) is 12.2. The summed E-state index contributed by atoms with van der Waals surface area (Å²) >= 11 is 0. The van der Waals surface area contributed by atoms with Gasteiger partial charge in [-0.2, -0.15) is 0 Å². The Morgan fingerprint density at radius 3 is 2.34 bits per heavy atom. The van der Waals surface area contributed by atoms with Gasteiger partial charge in [0.1, 0.15) is 11.7 Å². The van der Waals surface area contributed by atoms with Gasteiger partial charge in [0, 0.05) is 6.04 Å². The summed E-state index contributed by atoms with van der Waals surface area (Å²) in [6.07, 6.45) is 3.91. The quantitative estimate of drug-likeness (QED) is 0.487. The van der Waals surface area contributed by atoms with Gasteiger partial charge >= 0.3 is 12.1 Å². The van der Waals surface area contributed by atoms with E-state index in [0.29, 0.717) is 30.6 Å². The highest BCUT2D eigenvalue weighted by Gasteiger charge is 2.34. The Labute approximate surface area is 194 Å². The first kappa shape index (κ1) is 26.2. The molecule has 2 rings (SSSR count). The summed E-state index contributed by atoms with van der Waals surface area (Å²) in [7, 11) is 0. The summed E-state index contributed by atoms with van der Waals surface area (Å²) in [5, 5.41) is 2.98. The number of carbonyl (C=O) groups is 2. The minimum atomic E-state index is -0.574. The molecule has 1 aliphatic rings. The Hall–Kier alpha value is -2.04. The van der Waals surface area contributed by atoms with E-state index in [1.165, 1.54) is 6.42 Å². The fourth-order valence-corrected chi connectivity index (χ4v) is 4.60. The van der Waals surface area contributed by atoms with Crippen LogP contribution in [0.5, 0.6) is 0 Å². The Kier molecular flexibility index (Phi) is 9.60. The Balaban J connectivity index is 2.04. The minimum Gasteiger partial charge on any atom is -0.462 e. The van der Waals surface area contributed by atoms with Crippen molar-refractivity contribution in [2.24, 2.45) is 23.7 Å². The van der Waals surface area contributed by atoms with Crippen molar-refractivity contribution in [2.45, 2.75) is 98.3 Å². The normalized spacial score (nSPS) is 23.3. The number of esters is 1. The molecule has 32 heavy (non-hydrogen) atoms. The lowest BCUT2D eigenvalue weighted by atomic mass is 9.75. The van der Waals surface area contributed by atoms with Crippen molar-refractivity contribution < 1.29 is 19.1 Å². The molecule has 0 bridgehead atoms. The summed E-state index contributed by atoms with van der Waals surface area (Å²) in [6.45, 7) is 14.1. The van der Waals surface area contributed by atoms with Crippen LogP contribution in [0.2, 0.25) is 0 Å². The van der Waals surface area contributed by atoms with Gasteiger partial charge in [-0.15, -0.1) is 0 Å². The van der Waals surface area contributed by atoms with E-state index in [4.69, 9.17) is 9.47 Å². The van der Waals surface area contributed by atoms with Crippen LogP contribution < -0.4 is 5.32 Å². The van der Waals surface area contributed by atoms with Gasteiger partial charge in [0.2, 0.25) is 0 Å². The molecule has 1 aliphatic carbocycles. The number of carbonyl (C=O) groups excluding carboxylic acids is 2. The lowest BCUT2D eigenvalue weighted by Gasteiger charge is -2.37. The summed E-state index contributed by atoms with van der Waals surface area (Å²) in [4.78, 5) is 25.5. The smallest absolute Gasteiger partial charge is 0.407 e. The fourth-order valence-electron chi connectivity index (χ4n) is 4.60. The molecular weight excluding hydrogens is 402 g/mol. The molecule has 5 heteroatoms. The van der Waals surface area contributed by atoms with Crippen LogP contribution in [0.25, 0.3) is 0 Å². The molecular formula is C27H43NO4. The topological polar surface area (TPSA) is 64.6 Å². The summed E-state index contributed by atoms with van der Waals surface area (Å²) in [5.41, 5.74) is 0.533. The lowest BCUT2D eigenvalue weighted by molar-refractivity contribution is -0.160. The lowest BCUT2D eigenvalue weighted by Crippen LogP contribution is -2.42. The van der Waals surface area contributed by atoms with Gasteiger partial charge in [0.15, 0.2) is 0 Å². The zero-order valence-electron chi connectivity index (χ0n) is 21.0.